The van der Waals surface area contributed by atoms with E-state index in [1.807, 2.05) is 6.92 Å². The maximum atomic E-state index is 10.9. The summed E-state index contributed by atoms with van der Waals surface area (Å²) in [5.41, 5.74) is 0.696. The van der Waals surface area contributed by atoms with Crippen molar-refractivity contribution in [1.29, 1.82) is 0 Å². The lowest BCUT2D eigenvalue weighted by Gasteiger charge is -1.94. The molecular formula is C7H9ClN2O2. The Morgan fingerprint density at radius 2 is 2.50 bits per heavy atom. The molecule has 0 aromatic carbocycles. The number of ether oxygens (including phenoxy) is 1. The second-order valence-corrected chi connectivity index (χ2v) is 2.60. The highest BCUT2D eigenvalue weighted by Gasteiger charge is 2.09. The molecular weight excluding hydrogens is 180 g/mol. The largest absolute Gasteiger partial charge is 0.451 e. The molecule has 5 heteroatoms. The third-order valence-electron chi connectivity index (χ3n) is 1.44. The Kier molecular flexibility index (Phi) is 2.70. The minimum absolute atomic E-state index is 0.489. The van der Waals surface area contributed by atoms with Crippen molar-refractivity contribution < 1.29 is 9.53 Å². The number of nitrogens with zero attached hydrogens (tertiary/aromatic N) is 2. The van der Waals surface area contributed by atoms with Crippen molar-refractivity contribution in [3.05, 3.63) is 16.9 Å². The maximum absolute atomic E-state index is 10.9. The number of hydrogen-bond donors (Lipinski definition) is 0. The van der Waals surface area contributed by atoms with Crippen LogP contribution in [-0.4, -0.2) is 23.0 Å². The average molecular weight is 189 g/mol. The molecule has 0 amide bonds. The van der Waals surface area contributed by atoms with Crippen LogP contribution in [0.3, 0.4) is 0 Å². The zero-order valence-corrected chi connectivity index (χ0v) is 7.63. The molecule has 0 atom stereocenters. The molecule has 0 bridgehead atoms. The van der Waals surface area contributed by atoms with E-state index in [1.165, 1.54) is 13.3 Å². The van der Waals surface area contributed by atoms with E-state index in [1.54, 1.807) is 0 Å². The van der Waals surface area contributed by atoms with Crippen molar-refractivity contribution in [3.8, 4) is 0 Å². The smallest absolute Gasteiger partial charge is 0.434 e. The first kappa shape index (κ1) is 9.06. The van der Waals surface area contributed by atoms with E-state index < -0.39 is 6.09 Å². The van der Waals surface area contributed by atoms with Crippen LogP contribution in [-0.2, 0) is 11.2 Å². The summed E-state index contributed by atoms with van der Waals surface area (Å²) in [5, 5.41) is 4.40. The van der Waals surface area contributed by atoms with E-state index in [9.17, 15) is 4.79 Å². The van der Waals surface area contributed by atoms with Gasteiger partial charge in [-0.15, -0.1) is 0 Å². The van der Waals surface area contributed by atoms with Crippen molar-refractivity contribution in [2.24, 2.45) is 0 Å². The minimum atomic E-state index is -0.531. The Morgan fingerprint density at radius 1 is 1.83 bits per heavy atom. The Morgan fingerprint density at radius 3 is 2.92 bits per heavy atom. The quantitative estimate of drug-likeness (QED) is 0.674. The molecule has 1 aromatic rings. The molecule has 0 saturated heterocycles. The van der Waals surface area contributed by atoms with Crippen LogP contribution in [0.2, 0.25) is 5.02 Å². The number of aromatic nitrogens is 2. The molecule has 0 spiro atoms. The highest BCUT2D eigenvalue weighted by Crippen LogP contribution is 2.13. The van der Waals surface area contributed by atoms with Crippen LogP contribution in [0.1, 0.15) is 12.6 Å². The van der Waals surface area contributed by atoms with Gasteiger partial charge < -0.3 is 4.74 Å². The second kappa shape index (κ2) is 3.58. The number of rotatable bonds is 1. The van der Waals surface area contributed by atoms with Crippen LogP contribution < -0.4 is 0 Å². The second-order valence-electron chi connectivity index (χ2n) is 2.19. The summed E-state index contributed by atoms with van der Waals surface area (Å²) < 4.78 is 5.54. The number of methoxy groups -OCH3 is 1. The van der Waals surface area contributed by atoms with E-state index in [0.717, 1.165) is 4.68 Å². The standard InChI is InChI=1S/C7H9ClN2O2/c1-3-6-5(8)4-10(9-6)7(11)12-2/h4H,3H2,1-2H3. The van der Waals surface area contributed by atoms with Gasteiger partial charge in [-0.1, -0.05) is 18.5 Å². The minimum Gasteiger partial charge on any atom is -0.451 e. The first-order valence-electron chi connectivity index (χ1n) is 3.51. The molecule has 1 aromatic heterocycles. The predicted octanol–water partition coefficient (Wildman–Crippen LogP) is 1.71. The fraction of sp³-hybridized carbons (Fsp3) is 0.429. The number of aryl methyl sites for hydroxylation is 1. The number of carbonyl (C=O) groups excluding carboxylic acids is 1. The molecule has 66 valence electrons. The summed E-state index contributed by atoms with van der Waals surface area (Å²) in [7, 11) is 1.30. The van der Waals surface area contributed by atoms with Crippen molar-refractivity contribution in [3.63, 3.8) is 0 Å². The lowest BCUT2D eigenvalue weighted by Crippen LogP contribution is -2.11. The van der Waals surface area contributed by atoms with E-state index in [0.29, 0.717) is 17.1 Å². The van der Waals surface area contributed by atoms with Crippen LogP contribution in [0, 0.1) is 0 Å². The molecule has 0 saturated carbocycles. The van der Waals surface area contributed by atoms with E-state index in [4.69, 9.17) is 11.6 Å². The van der Waals surface area contributed by atoms with Crippen LogP contribution in [0.25, 0.3) is 0 Å². The molecule has 4 nitrogen and oxygen atoms in total. The molecule has 12 heavy (non-hydrogen) atoms. The van der Waals surface area contributed by atoms with Gasteiger partial charge in [0.25, 0.3) is 0 Å². The van der Waals surface area contributed by atoms with Gasteiger partial charge >= 0.3 is 6.09 Å². The van der Waals surface area contributed by atoms with Gasteiger partial charge in [-0.25, -0.2) is 4.79 Å². The molecule has 0 radical (unpaired) electrons. The van der Waals surface area contributed by atoms with Gasteiger partial charge in [0.05, 0.1) is 24.0 Å². The fourth-order valence-electron chi connectivity index (χ4n) is 0.815. The predicted molar refractivity (Wildman–Crippen MR) is 44.4 cm³/mol. The first-order valence-corrected chi connectivity index (χ1v) is 3.89. The fourth-order valence-corrected chi connectivity index (χ4v) is 1.08. The molecule has 0 aliphatic carbocycles. The van der Waals surface area contributed by atoms with Crippen molar-refractivity contribution >= 4 is 17.7 Å². The summed E-state index contributed by atoms with van der Waals surface area (Å²) in [5.74, 6) is 0. The molecule has 0 N–H and O–H groups in total. The van der Waals surface area contributed by atoms with E-state index in [-0.39, 0.29) is 0 Å². The van der Waals surface area contributed by atoms with Gasteiger partial charge in [0.1, 0.15) is 0 Å². The highest BCUT2D eigenvalue weighted by atomic mass is 35.5. The normalized spacial score (nSPS) is 9.92. The molecule has 0 aliphatic heterocycles. The molecule has 0 unspecified atom stereocenters. The zero-order chi connectivity index (χ0) is 9.14. The Labute approximate surface area is 75.1 Å². The van der Waals surface area contributed by atoms with E-state index >= 15 is 0 Å². The van der Waals surface area contributed by atoms with Gasteiger partial charge in [-0.3, -0.25) is 0 Å². The molecule has 1 rings (SSSR count). The average Bonchev–Trinajstić information content (AvgIpc) is 2.45. The van der Waals surface area contributed by atoms with Crippen LogP contribution in [0.4, 0.5) is 4.79 Å². The SMILES string of the molecule is CCc1nn(C(=O)OC)cc1Cl. The third-order valence-corrected chi connectivity index (χ3v) is 1.75. The summed E-state index contributed by atoms with van der Waals surface area (Å²) >= 11 is 5.76. The topological polar surface area (TPSA) is 44.1 Å². The van der Waals surface area contributed by atoms with Crippen LogP contribution in [0.15, 0.2) is 6.20 Å². The van der Waals surface area contributed by atoms with Gasteiger partial charge in [-0.05, 0) is 6.42 Å². The lowest BCUT2D eigenvalue weighted by atomic mass is 10.3. The van der Waals surface area contributed by atoms with Gasteiger partial charge in [0, 0.05) is 0 Å². The summed E-state index contributed by atoms with van der Waals surface area (Å²) in [4.78, 5) is 10.9. The Balaban J connectivity index is 2.96. The number of halogens is 1. The molecule has 1 heterocycles. The number of carbonyl (C=O) groups is 1. The van der Waals surface area contributed by atoms with Crippen LogP contribution >= 0.6 is 11.6 Å². The zero-order valence-electron chi connectivity index (χ0n) is 6.87. The molecule has 0 aliphatic rings. The Hall–Kier alpha value is -1.03. The first-order chi connectivity index (χ1) is 5.69. The van der Waals surface area contributed by atoms with Crippen molar-refractivity contribution in [1.82, 2.24) is 9.78 Å². The summed E-state index contributed by atoms with van der Waals surface area (Å²) in [6, 6.07) is 0. The van der Waals surface area contributed by atoms with Gasteiger partial charge in [-0.2, -0.15) is 9.78 Å². The van der Waals surface area contributed by atoms with E-state index in [2.05, 4.69) is 9.84 Å². The molecule has 0 fully saturated rings. The van der Waals surface area contributed by atoms with Crippen LogP contribution in [0.5, 0.6) is 0 Å². The maximum Gasteiger partial charge on any atom is 0.434 e. The van der Waals surface area contributed by atoms with Crippen molar-refractivity contribution in [2.45, 2.75) is 13.3 Å². The number of hydrogen-bond acceptors (Lipinski definition) is 3. The summed E-state index contributed by atoms with van der Waals surface area (Å²) in [6.07, 6.45) is 1.60. The summed E-state index contributed by atoms with van der Waals surface area (Å²) in [6.45, 7) is 1.91. The Bertz CT molecular complexity index is 296. The van der Waals surface area contributed by atoms with Gasteiger partial charge in [0.2, 0.25) is 0 Å². The van der Waals surface area contributed by atoms with Gasteiger partial charge in [0.15, 0.2) is 0 Å². The lowest BCUT2D eigenvalue weighted by molar-refractivity contribution is 0.169. The highest BCUT2D eigenvalue weighted by molar-refractivity contribution is 6.31. The third kappa shape index (κ3) is 1.58. The monoisotopic (exact) mass is 188 g/mol. The van der Waals surface area contributed by atoms with Crippen molar-refractivity contribution in [2.75, 3.05) is 7.11 Å².